The molecule has 0 saturated heterocycles. The lowest BCUT2D eigenvalue weighted by molar-refractivity contribution is 0.102. The summed E-state index contributed by atoms with van der Waals surface area (Å²) in [7, 11) is -1.61. The molecule has 0 atom stereocenters. The molecule has 0 spiro atoms. The number of benzene rings is 2. The Kier molecular flexibility index (Phi) is 5.70. The second kappa shape index (κ2) is 8.18. The minimum Gasteiger partial charge on any atom is -0.496 e. The highest BCUT2D eigenvalue weighted by Gasteiger charge is 2.12. The molecule has 0 aliphatic rings. The lowest BCUT2D eigenvalue weighted by Gasteiger charge is -2.09. The van der Waals surface area contributed by atoms with E-state index < -0.39 is 9.84 Å². The predicted octanol–water partition coefficient (Wildman–Crippen LogP) is 2.95. The SMILES string of the molecule is COc1ccccc1-c1cc(NC(=O)c2cccc(CS(C)(=O)=O)c2)ncn1. The first-order valence-electron chi connectivity index (χ1n) is 8.39. The van der Waals surface area contributed by atoms with Gasteiger partial charge >= 0.3 is 0 Å². The number of amides is 1. The molecule has 1 amide bonds. The Morgan fingerprint density at radius 1 is 1.07 bits per heavy atom. The summed E-state index contributed by atoms with van der Waals surface area (Å²) in [5, 5.41) is 2.72. The minimum atomic E-state index is -3.19. The summed E-state index contributed by atoms with van der Waals surface area (Å²) in [6.07, 6.45) is 2.51. The molecule has 28 heavy (non-hydrogen) atoms. The van der Waals surface area contributed by atoms with E-state index in [1.807, 2.05) is 24.3 Å². The molecule has 144 valence electrons. The van der Waals surface area contributed by atoms with Crippen LogP contribution in [0.1, 0.15) is 15.9 Å². The van der Waals surface area contributed by atoms with Crippen LogP contribution in [0, 0.1) is 0 Å². The van der Waals surface area contributed by atoms with Crippen LogP contribution in [0.15, 0.2) is 60.9 Å². The number of nitrogens with one attached hydrogen (secondary N) is 1. The van der Waals surface area contributed by atoms with Gasteiger partial charge in [-0.1, -0.05) is 24.3 Å². The van der Waals surface area contributed by atoms with E-state index in [0.717, 1.165) is 11.8 Å². The van der Waals surface area contributed by atoms with Gasteiger partial charge in [0.05, 0.1) is 18.6 Å². The van der Waals surface area contributed by atoms with Gasteiger partial charge in [-0.15, -0.1) is 0 Å². The molecule has 3 rings (SSSR count). The molecule has 3 aromatic rings. The summed E-state index contributed by atoms with van der Waals surface area (Å²) in [5.41, 5.74) is 2.28. The van der Waals surface area contributed by atoms with Crippen LogP contribution in [0.25, 0.3) is 11.3 Å². The van der Waals surface area contributed by atoms with Gasteiger partial charge in [0.2, 0.25) is 0 Å². The van der Waals surface area contributed by atoms with Crippen LogP contribution in [0.2, 0.25) is 0 Å². The molecule has 0 saturated carbocycles. The summed E-state index contributed by atoms with van der Waals surface area (Å²) in [4.78, 5) is 20.9. The number of anilines is 1. The number of carbonyl (C=O) groups is 1. The van der Waals surface area contributed by atoms with Gasteiger partial charge in [0.1, 0.15) is 17.9 Å². The molecule has 1 heterocycles. The first-order valence-corrected chi connectivity index (χ1v) is 10.5. The molecule has 2 aromatic carbocycles. The molecule has 0 aliphatic carbocycles. The Balaban J connectivity index is 1.83. The second-order valence-corrected chi connectivity index (χ2v) is 8.35. The zero-order valence-corrected chi connectivity index (χ0v) is 16.2. The molecule has 0 fully saturated rings. The van der Waals surface area contributed by atoms with Crippen LogP contribution in [0.5, 0.6) is 5.75 Å². The van der Waals surface area contributed by atoms with Gasteiger partial charge in [-0.3, -0.25) is 4.79 Å². The van der Waals surface area contributed by atoms with Crippen molar-refractivity contribution in [2.45, 2.75) is 5.75 Å². The number of methoxy groups -OCH3 is 1. The van der Waals surface area contributed by atoms with Crippen molar-refractivity contribution in [3.05, 3.63) is 72.1 Å². The molecule has 1 aromatic heterocycles. The first kappa shape index (κ1) is 19.5. The number of nitrogens with zero attached hydrogens (tertiary/aromatic N) is 2. The summed E-state index contributed by atoms with van der Waals surface area (Å²) in [5.74, 6) is 0.473. The highest BCUT2D eigenvalue weighted by molar-refractivity contribution is 7.89. The van der Waals surface area contributed by atoms with E-state index in [1.54, 1.807) is 37.4 Å². The molecular weight excluding hydrogens is 378 g/mol. The fourth-order valence-electron chi connectivity index (χ4n) is 2.72. The van der Waals surface area contributed by atoms with Crippen molar-refractivity contribution in [1.82, 2.24) is 9.97 Å². The van der Waals surface area contributed by atoms with E-state index in [1.165, 1.54) is 6.33 Å². The van der Waals surface area contributed by atoms with Crippen LogP contribution in [0.4, 0.5) is 5.82 Å². The van der Waals surface area contributed by atoms with Crippen LogP contribution >= 0.6 is 0 Å². The third-order valence-corrected chi connectivity index (χ3v) is 4.77. The summed E-state index contributed by atoms with van der Waals surface area (Å²) in [6, 6.07) is 15.5. The van der Waals surface area contributed by atoms with Gasteiger partial charge < -0.3 is 10.1 Å². The van der Waals surface area contributed by atoms with Gasteiger partial charge in [-0.2, -0.15) is 0 Å². The lowest BCUT2D eigenvalue weighted by atomic mass is 10.1. The zero-order chi connectivity index (χ0) is 20.1. The van der Waals surface area contributed by atoms with Gasteiger partial charge in [0.15, 0.2) is 9.84 Å². The maximum Gasteiger partial charge on any atom is 0.256 e. The van der Waals surface area contributed by atoms with Crippen LogP contribution in [-0.2, 0) is 15.6 Å². The van der Waals surface area contributed by atoms with Crippen molar-refractivity contribution >= 4 is 21.6 Å². The van der Waals surface area contributed by atoms with Crippen molar-refractivity contribution in [3.63, 3.8) is 0 Å². The van der Waals surface area contributed by atoms with Crippen molar-refractivity contribution in [1.29, 1.82) is 0 Å². The molecule has 0 unspecified atom stereocenters. The number of rotatable bonds is 6. The number of aromatic nitrogens is 2. The Morgan fingerprint density at radius 3 is 2.61 bits per heavy atom. The molecular formula is C20H19N3O4S. The molecule has 8 heteroatoms. The molecule has 7 nitrogen and oxygen atoms in total. The van der Waals surface area contributed by atoms with Crippen molar-refractivity contribution < 1.29 is 17.9 Å². The van der Waals surface area contributed by atoms with Crippen molar-refractivity contribution in [3.8, 4) is 17.0 Å². The standard InChI is InChI=1S/C20H19N3O4S/c1-27-18-9-4-3-8-16(18)17-11-19(22-13-21-17)23-20(24)15-7-5-6-14(10-15)12-28(2,25)26/h3-11,13H,12H2,1-2H3,(H,21,22,23,24). The quantitative estimate of drug-likeness (QED) is 0.687. The summed E-state index contributed by atoms with van der Waals surface area (Å²) < 4.78 is 28.3. The zero-order valence-electron chi connectivity index (χ0n) is 15.4. The van der Waals surface area contributed by atoms with Crippen LogP contribution < -0.4 is 10.1 Å². The number of carbonyl (C=O) groups excluding carboxylic acids is 1. The van der Waals surface area contributed by atoms with Crippen LogP contribution in [-0.4, -0.2) is 37.7 Å². The Bertz CT molecular complexity index is 1110. The molecule has 0 bridgehead atoms. The van der Waals surface area contributed by atoms with Crippen molar-refractivity contribution in [2.24, 2.45) is 0 Å². The average molecular weight is 397 g/mol. The summed E-state index contributed by atoms with van der Waals surface area (Å²) >= 11 is 0. The second-order valence-electron chi connectivity index (χ2n) is 6.21. The molecule has 0 aliphatic heterocycles. The largest absolute Gasteiger partial charge is 0.496 e. The number of ether oxygens (including phenoxy) is 1. The van der Waals surface area contributed by atoms with Gasteiger partial charge in [0, 0.05) is 23.4 Å². The maximum absolute atomic E-state index is 12.6. The number of hydrogen-bond donors (Lipinski definition) is 1. The molecule has 0 radical (unpaired) electrons. The van der Waals surface area contributed by atoms with E-state index in [9.17, 15) is 13.2 Å². The Morgan fingerprint density at radius 2 is 1.86 bits per heavy atom. The third-order valence-electron chi connectivity index (χ3n) is 3.91. The minimum absolute atomic E-state index is 0.125. The van der Waals surface area contributed by atoms with Crippen LogP contribution in [0.3, 0.4) is 0 Å². The fraction of sp³-hybridized carbons (Fsp3) is 0.150. The highest BCUT2D eigenvalue weighted by Crippen LogP contribution is 2.28. The fourth-order valence-corrected chi connectivity index (χ4v) is 3.51. The first-order chi connectivity index (χ1) is 13.4. The predicted molar refractivity (Wildman–Crippen MR) is 107 cm³/mol. The van der Waals surface area contributed by atoms with E-state index in [0.29, 0.717) is 28.4 Å². The van der Waals surface area contributed by atoms with Crippen molar-refractivity contribution in [2.75, 3.05) is 18.7 Å². The average Bonchev–Trinajstić information content (AvgIpc) is 2.67. The lowest BCUT2D eigenvalue weighted by Crippen LogP contribution is -2.14. The number of para-hydroxylation sites is 1. The number of sulfone groups is 1. The van der Waals surface area contributed by atoms with Gasteiger partial charge in [-0.25, -0.2) is 18.4 Å². The molecule has 1 N–H and O–H groups in total. The number of hydrogen-bond acceptors (Lipinski definition) is 6. The third kappa shape index (κ3) is 4.92. The van der Waals surface area contributed by atoms with Gasteiger partial charge in [0.25, 0.3) is 5.91 Å². The monoisotopic (exact) mass is 397 g/mol. The maximum atomic E-state index is 12.6. The summed E-state index contributed by atoms with van der Waals surface area (Å²) in [6.45, 7) is 0. The topological polar surface area (TPSA) is 98.2 Å². The van der Waals surface area contributed by atoms with E-state index in [2.05, 4.69) is 15.3 Å². The smallest absolute Gasteiger partial charge is 0.256 e. The van der Waals surface area contributed by atoms with E-state index in [-0.39, 0.29) is 11.7 Å². The Labute approximate surface area is 163 Å². The van der Waals surface area contributed by atoms with E-state index >= 15 is 0 Å². The Hall–Kier alpha value is -3.26. The van der Waals surface area contributed by atoms with E-state index in [4.69, 9.17) is 4.74 Å². The normalized spacial score (nSPS) is 11.1. The highest BCUT2D eigenvalue weighted by atomic mass is 32.2. The van der Waals surface area contributed by atoms with Gasteiger partial charge in [-0.05, 0) is 29.8 Å².